The van der Waals surface area contributed by atoms with Gasteiger partial charge in [0.1, 0.15) is 0 Å². The van der Waals surface area contributed by atoms with Crippen molar-refractivity contribution in [3.63, 3.8) is 0 Å². The second-order valence-electron chi connectivity index (χ2n) is 8.81. The zero-order valence-corrected chi connectivity index (χ0v) is 17.3. The maximum absolute atomic E-state index is 2.48. The fraction of sp³-hybridized carbons (Fsp3) is 0.310. The minimum absolute atomic E-state index is 1.12. The lowest BCUT2D eigenvalue weighted by molar-refractivity contribution is 0.684. The van der Waals surface area contributed by atoms with Gasteiger partial charge in [-0.3, -0.25) is 0 Å². The number of allylic oxidation sites excluding steroid dienone is 4. The summed E-state index contributed by atoms with van der Waals surface area (Å²) < 4.78 is 0. The summed E-state index contributed by atoms with van der Waals surface area (Å²) in [5, 5.41) is 2.78. The molecule has 146 valence electrons. The molecule has 5 rings (SSSR count). The highest BCUT2D eigenvalue weighted by molar-refractivity contribution is 5.85. The van der Waals surface area contributed by atoms with Crippen molar-refractivity contribution in [2.45, 2.75) is 57.8 Å². The third kappa shape index (κ3) is 4.22. The third-order valence-electron chi connectivity index (χ3n) is 6.68. The lowest BCUT2D eigenvalue weighted by atomic mass is 9.89. The molecule has 2 aliphatic carbocycles. The zero-order valence-electron chi connectivity index (χ0n) is 17.3. The monoisotopic (exact) mass is 378 g/mol. The summed E-state index contributed by atoms with van der Waals surface area (Å²) in [5.41, 5.74) is 9.38. The van der Waals surface area contributed by atoms with Crippen LogP contribution < -0.4 is 0 Å². The van der Waals surface area contributed by atoms with Crippen molar-refractivity contribution in [3.8, 4) is 0 Å². The molecule has 0 amide bonds. The Hall–Kier alpha value is -2.60. The predicted octanol–water partition coefficient (Wildman–Crippen LogP) is 7.54. The summed E-state index contributed by atoms with van der Waals surface area (Å²) >= 11 is 0. The van der Waals surface area contributed by atoms with Gasteiger partial charge in [-0.1, -0.05) is 84.0 Å². The minimum atomic E-state index is 1.12. The van der Waals surface area contributed by atoms with Crippen LogP contribution in [0.1, 0.15) is 54.4 Å². The normalized spacial score (nSPS) is 15.9. The van der Waals surface area contributed by atoms with Gasteiger partial charge in [0.2, 0.25) is 0 Å². The molecule has 0 aliphatic heterocycles. The Morgan fingerprint density at radius 2 is 1.52 bits per heavy atom. The van der Waals surface area contributed by atoms with Crippen LogP contribution in [0.5, 0.6) is 0 Å². The van der Waals surface area contributed by atoms with Crippen LogP contribution in [0.2, 0.25) is 0 Å². The molecular formula is C29H30. The zero-order chi connectivity index (χ0) is 19.5. The maximum atomic E-state index is 2.48. The van der Waals surface area contributed by atoms with Crippen LogP contribution in [0.25, 0.3) is 10.8 Å². The Labute approximate surface area is 175 Å². The van der Waals surface area contributed by atoms with Crippen LogP contribution in [-0.4, -0.2) is 0 Å². The molecule has 0 saturated carbocycles. The van der Waals surface area contributed by atoms with Crippen molar-refractivity contribution in [1.29, 1.82) is 0 Å². The molecule has 0 heteroatoms. The highest BCUT2D eigenvalue weighted by Gasteiger charge is 2.13. The van der Waals surface area contributed by atoms with Crippen LogP contribution in [0.3, 0.4) is 0 Å². The maximum Gasteiger partial charge on any atom is -0.00607 e. The fourth-order valence-corrected chi connectivity index (χ4v) is 5.11. The number of aryl methyl sites for hydroxylation is 3. The third-order valence-corrected chi connectivity index (χ3v) is 6.68. The van der Waals surface area contributed by atoms with E-state index in [0.717, 1.165) is 6.42 Å². The summed E-state index contributed by atoms with van der Waals surface area (Å²) in [7, 11) is 0. The fourth-order valence-electron chi connectivity index (χ4n) is 5.11. The van der Waals surface area contributed by atoms with E-state index in [1.165, 1.54) is 73.3 Å². The van der Waals surface area contributed by atoms with Gasteiger partial charge in [0.05, 0.1) is 0 Å². The summed E-state index contributed by atoms with van der Waals surface area (Å²) in [5.74, 6) is 0. The van der Waals surface area contributed by atoms with Crippen LogP contribution in [0.15, 0.2) is 84.0 Å². The quantitative estimate of drug-likeness (QED) is 0.415. The smallest absolute Gasteiger partial charge is 0.00607 e. The molecule has 0 bridgehead atoms. The first kappa shape index (κ1) is 18.4. The van der Waals surface area contributed by atoms with E-state index >= 15 is 0 Å². The highest BCUT2D eigenvalue weighted by Crippen LogP contribution is 2.29. The van der Waals surface area contributed by atoms with E-state index < -0.39 is 0 Å². The van der Waals surface area contributed by atoms with Crippen molar-refractivity contribution in [2.24, 2.45) is 0 Å². The predicted molar refractivity (Wildman–Crippen MR) is 124 cm³/mol. The summed E-state index contributed by atoms with van der Waals surface area (Å²) in [6.45, 7) is 0. The molecule has 3 aromatic rings. The van der Waals surface area contributed by atoms with Crippen molar-refractivity contribution in [1.82, 2.24) is 0 Å². The SMILES string of the molecule is C1=C(CCCc2cccc3ccccc23)CC(Cc2ccc3c(c2)CCCC3)=C1. The van der Waals surface area contributed by atoms with E-state index in [2.05, 4.69) is 72.8 Å². The minimum Gasteiger partial charge on any atom is -0.0661 e. The first-order chi connectivity index (χ1) is 14.3. The molecule has 0 N–H and O–H groups in total. The second kappa shape index (κ2) is 8.41. The number of rotatable bonds is 6. The van der Waals surface area contributed by atoms with Crippen LogP contribution >= 0.6 is 0 Å². The van der Waals surface area contributed by atoms with E-state index in [4.69, 9.17) is 0 Å². The van der Waals surface area contributed by atoms with Gasteiger partial charge in [0.15, 0.2) is 0 Å². The molecule has 29 heavy (non-hydrogen) atoms. The molecule has 3 aromatic carbocycles. The van der Waals surface area contributed by atoms with E-state index in [0.29, 0.717) is 0 Å². The standard InChI is InChI=1S/C29H30/c1-2-10-28-21-24(17-18-25(28)8-1)20-23-16-15-22(19-23)7-5-11-27-13-6-12-26-9-3-4-14-29(26)27/h3-4,6,9,12-18,21H,1-2,5,7-8,10-11,19-20H2. The number of hydrogen-bond acceptors (Lipinski definition) is 0. The van der Waals surface area contributed by atoms with Gasteiger partial charge in [-0.25, -0.2) is 0 Å². The first-order valence-electron chi connectivity index (χ1n) is 11.3. The van der Waals surface area contributed by atoms with Gasteiger partial charge in [-0.15, -0.1) is 0 Å². The Morgan fingerprint density at radius 1 is 0.690 bits per heavy atom. The lowest BCUT2D eigenvalue weighted by Crippen LogP contribution is -2.03. The molecule has 0 radical (unpaired) electrons. The van der Waals surface area contributed by atoms with Gasteiger partial charge >= 0.3 is 0 Å². The molecular weight excluding hydrogens is 348 g/mol. The van der Waals surface area contributed by atoms with Crippen LogP contribution in [0.4, 0.5) is 0 Å². The van der Waals surface area contributed by atoms with Crippen molar-refractivity contribution >= 4 is 10.8 Å². The Balaban J connectivity index is 1.14. The molecule has 0 saturated heterocycles. The van der Waals surface area contributed by atoms with Gasteiger partial charge in [0, 0.05) is 0 Å². The van der Waals surface area contributed by atoms with Gasteiger partial charge in [0.25, 0.3) is 0 Å². The van der Waals surface area contributed by atoms with Gasteiger partial charge in [-0.05, 0) is 90.8 Å². The van der Waals surface area contributed by atoms with Gasteiger partial charge < -0.3 is 0 Å². The lowest BCUT2D eigenvalue weighted by Gasteiger charge is -2.17. The Morgan fingerprint density at radius 3 is 2.48 bits per heavy atom. The number of fused-ring (bicyclic) bond motifs is 2. The average molecular weight is 379 g/mol. The van der Waals surface area contributed by atoms with Crippen molar-refractivity contribution in [3.05, 3.63) is 106 Å². The molecule has 0 aromatic heterocycles. The topological polar surface area (TPSA) is 0 Å². The van der Waals surface area contributed by atoms with Gasteiger partial charge in [-0.2, -0.15) is 0 Å². The average Bonchev–Trinajstić information content (AvgIpc) is 3.21. The van der Waals surface area contributed by atoms with Crippen molar-refractivity contribution in [2.75, 3.05) is 0 Å². The Bertz CT molecular complexity index is 1070. The summed E-state index contributed by atoms with van der Waals surface area (Å²) in [6, 6.07) is 22.7. The molecule has 2 aliphatic rings. The van der Waals surface area contributed by atoms with Crippen LogP contribution in [0, 0.1) is 0 Å². The number of hydrogen-bond donors (Lipinski definition) is 0. The number of benzene rings is 3. The molecule has 0 heterocycles. The molecule has 0 unspecified atom stereocenters. The van der Waals surface area contributed by atoms with E-state index in [1.54, 1.807) is 22.3 Å². The molecule has 0 nitrogen and oxygen atoms in total. The van der Waals surface area contributed by atoms with E-state index in [-0.39, 0.29) is 0 Å². The van der Waals surface area contributed by atoms with Crippen LogP contribution in [-0.2, 0) is 25.7 Å². The molecule has 0 atom stereocenters. The summed E-state index contributed by atoms with van der Waals surface area (Å²) in [6.07, 6.45) is 16.0. The van der Waals surface area contributed by atoms with E-state index in [9.17, 15) is 0 Å². The highest BCUT2D eigenvalue weighted by atomic mass is 14.2. The molecule has 0 spiro atoms. The summed E-state index contributed by atoms with van der Waals surface area (Å²) in [4.78, 5) is 0. The second-order valence-corrected chi connectivity index (χ2v) is 8.81. The molecule has 0 fully saturated rings. The first-order valence-corrected chi connectivity index (χ1v) is 11.3. The Kier molecular flexibility index (Phi) is 5.35. The van der Waals surface area contributed by atoms with Crippen molar-refractivity contribution < 1.29 is 0 Å². The largest absolute Gasteiger partial charge is 0.0661 e. The van der Waals surface area contributed by atoms with E-state index in [1.807, 2.05) is 0 Å².